The molecule has 0 spiro atoms. The van der Waals surface area contributed by atoms with Crippen LogP contribution in [0.1, 0.15) is 18.7 Å². The van der Waals surface area contributed by atoms with Gasteiger partial charge in [-0.3, -0.25) is 0 Å². The highest BCUT2D eigenvalue weighted by molar-refractivity contribution is 7.99. The summed E-state index contributed by atoms with van der Waals surface area (Å²) in [5.74, 6) is 1.95. The van der Waals surface area contributed by atoms with Crippen molar-refractivity contribution in [2.75, 3.05) is 19.4 Å². The molecule has 1 fully saturated rings. The van der Waals surface area contributed by atoms with Gasteiger partial charge in [-0.05, 0) is 19.9 Å². The first-order valence-electron chi connectivity index (χ1n) is 5.58. The summed E-state index contributed by atoms with van der Waals surface area (Å²) in [6.07, 6.45) is 2.76. The Kier molecular flexibility index (Phi) is 6.26. The van der Waals surface area contributed by atoms with E-state index in [0.717, 1.165) is 29.9 Å². The lowest BCUT2D eigenvalue weighted by atomic mass is 10.3. The Hall–Kier alpha value is -0.300. The predicted octanol–water partition coefficient (Wildman–Crippen LogP) is 1.23. The molecule has 0 amide bonds. The monoisotopic (exact) mass is 278 g/mol. The first kappa shape index (κ1) is 14.8. The molecule has 1 aromatic rings. The lowest BCUT2D eigenvalue weighted by molar-refractivity contribution is 0.129. The van der Waals surface area contributed by atoms with Crippen LogP contribution in [0.15, 0.2) is 5.16 Å². The van der Waals surface area contributed by atoms with Crippen LogP contribution in [0, 0.1) is 0 Å². The number of thioether (sulfide) groups is 1. The fourth-order valence-corrected chi connectivity index (χ4v) is 2.72. The summed E-state index contributed by atoms with van der Waals surface area (Å²) < 4.78 is 7.62. The SMILES string of the molecule is CNCc1nnc(SCC2CCCO2)n1C.Cl. The first-order valence-corrected chi connectivity index (χ1v) is 6.57. The van der Waals surface area contributed by atoms with E-state index in [-0.39, 0.29) is 12.4 Å². The Labute approximate surface area is 112 Å². The highest BCUT2D eigenvalue weighted by Crippen LogP contribution is 2.22. The van der Waals surface area contributed by atoms with E-state index in [1.54, 1.807) is 11.8 Å². The van der Waals surface area contributed by atoms with Gasteiger partial charge in [-0.2, -0.15) is 0 Å². The number of nitrogens with one attached hydrogen (secondary N) is 1. The van der Waals surface area contributed by atoms with Crippen LogP contribution in [-0.4, -0.2) is 40.3 Å². The molecule has 17 heavy (non-hydrogen) atoms. The van der Waals surface area contributed by atoms with E-state index in [2.05, 4.69) is 15.5 Å². The van der Waals surface area contributed by atoms with E-state index < -0.39 is 0 Å². The van der Waals surface area contributed by atoms with Crippen molar-refractivity contribution in [2.24, 2.45) is 7.05 Å². The van der Waals surface area contributed by atoms with Crippen molar-refractivity contribution in [3.8, 4) is 0 Å². The normalized spacial score (nSPS) is 19.3. The van der Waals surface area contributed by atoms with Crippen LogP contribution >= 0.6 is 24.2 Å². The number of hydrogen-bond donors (Lipinski definition) is 1. The molecular formula is C10H19ClN4OS. The summed E-state index contributed by atoms with van der Waals surface area (Å²) in [4.78, 5) is 0. The van der Waals surface area contributed by atoms with Gasteiger partial charge in [-0.15, -0.1) is 22.6 Å². The van der Waals surface area contributed by atoms with Crippen molar-refractivity contribution in [1.82, 2.24) is 20.1 Å². The number of halogens is 1. The minimum Gasteiger partial charge on any atom is -0.377 e. The molecule has 98 valence electrons. The molecule has 0 aliphatic carbocycles. The maximum Gasteiger partial charge on any atom is 0.191 e. The van der Waals surface area contributed by atoms with Crippen molar-refractivity contribution < 1.29 is 4.74 Å². The Bertz CT molecular complexity index is 341. The van der Waals surface area contributed by atoms with Crippen molar-refractivity contribution in [3.05, 3.63) is 5.82 Å². The van der Waals surface area contributed by atoms with Crippen molar-refractivity contribution in [2.45, 2.75) is 30.6 Å². The zero-order valence-corrected chi connectivity index (χ0v) is 11.8. The van der Waals surface area contributed by atoms with Gasteiger partial charge in [0.25, 0.3) is 0 Å². The van der Waals surface area contributed by atoms with E-state index in [9.17, 15) is 0 Å². The van der Waals surface area contributed by atoms with Crippen LogP contribution in [0.25, 0.3) is 0 Å². The fourth-order valence-electron chi connectivity index (χ4n) is 1.73. The Morgan fingerprint density at radius 2 is 2.35 bits per heavy atom. The summed E-state index contributed by atoms with van der Waals surface area (Å²) in [7, 11) is 3.92. The van der Waals surface area contributed by atoms with E-state index in [0.29, 0.717) is 6.10 Å². The number of hydrogen-bond acceptors (Lipinski definition) is 5. The molecule has 1 N–H and O–H groups in total. The Morgan fingerprint density at radius 1 is 1.53 bits per heavy atom. The molecule has 1 aliphatic rings. The van der Waals surface area contributed by atoms with E-state index in [1.165, 1.54) is 12.8 Å². The van der Waals surface area contributed by atoms with Gasteiger partial charge in [0, 0.05) is 19.4 Å². The predicted molar refractivity (Wildman–Crippen MR) is 70.7 cm³/mol. The van der Waals surface area contributed by atoms with E-state index in [1.807, 2.05) is 18.7 Å². The van der Waals surface area contributed by atoms with Gasteiger partial charge in [-0.1, -0.05) is 11.8 Å². The zero-order valence-electron chi connectivity index (χ0n) is 10.2. The van der Waals surface area contributed by atoms with E-state index in [4.69, 9.17) is 4.74 Å². The molecule has 2 rings (SSSR count). The van der Waals surface area contributed by atoms with Gasteiger partial charge in [0.05, 0.1) is 12.6 Å². The second kappa shape index (κ2) is 7.20. The topological polar surface area (TPSA) is 52.0 Å². The van der Waals surface area contributed by atoms with Crippen LogP contribution in [0.5, 0.6) is 0 Å². The van der Waals surface area contributed by atoms with Crippen LogP contribution in [0.3, 0.4) is 0 Å². The average Bonchev–Trinajstić information content (AvgIpc) is 2.89. The second-order valence-electron chi connectivity index (χ2n) is 3.93. The third kappa shape index (κ3) is 3.84. The van der Waals surface area contributed by atoms with Gasteiger partial charge >= 0.3 is 0 Å². The van der Waals surface area contributed by atoms with Crippen LogP contribution in [0.2, 0.25) is 0 Å². The lowest BCUT2D eigenvalue weighted by Crippen LogP contribution is -2.11. The third-order valence-corrected chi connectivity index (χ3v) is 3.83. The molecule has 7 heteroatoms. The maximum atomic E-state index is 5.58. The third-order valence-electron chi connectivity index (χ3n) is 2.68. The van der Waals surface area contributed by atoms with Gasteiger partial charge in [-0.25, -0.2) is 0 Å². The molecule has 5 nitrogen and oxygen atoms in total. The summed E-state index contributed by atoms with van der Waals surface area (Å²) in [5.41, 5.74) is 0. The smallest absolute Gasteiger partial charge is 0.191 e. The summed E-state index contributed by atoms with van der Waals surface area (Å²) in [6.45, 7) is 1.67. The molecule has 0 radical (unpaired) electrons. The van der Waals surface area contributed by atoms with Crippen molar-refractivity contribution in [1.29, 1.82) is 0 Å². The zero-order chi connectivity index (χ0) is 11.4. The molecule has 1 aliphatic heterocycles. The molecule has 1 unspecified atom stereocenters. The minimum atomic E-state index is 0. The summed E-state index contributed by atoms with van der Waals surface area (Å²) >= 11 is 1.73. The summed E-state index contributed by atoms with van der Waals surface area (Å²) in [6, 6.07) is 0. The largest absolute Gasteiger partial charge is 0.377 e. The van der Waals surface area contributed by atoms with Gasteiger partial charge in [0.2, 0.25) is 0 Å². The van der Waals surface area contributed by atoms with Gasteiger partial charge < -0.3 is 14.6 Å². The number of ether oxygens (including phenoxy) is 1. The average molecular weight is 279 g/mol. The minimum absolute atomic E-state index is 0. The molecule has 1 atom stereocenters. The molecule has 0 aromatic carbocycles. The molecule has 1 aromatic heterocycles. The Balaban J connectivity index is 0.00000144. The molecule has 0 saturated carbocycles. The maximum absolute atomic E-state index is 5.58. The molecular weight excluding hydrogens is 260 g/mol. The van der Waals surface area contributed by atoms with Crippen LogP contribution in [0.4, 0.5) is 0 Å². The number of aromatic nitrogens is 3. The molecule has 2 heterocycles. The highest BCUT2D eigenvalue weighted by Gasteiger charge is 2.17. The number of nitrogens with zero attached hydrogens (tertiary/aromatic N) is 3. The lowest BCUT2D eigenvalue weighted by Gasteiger charge is -2.08. The van der Waals surface area contributed by atoms with Crippen molar-refractivity contribution in [3.63, 3.8) is 0 Å². The first-order chi connectivity index (χ1) is 7.81. The fraction of sp³-hybridized carbons (Fsp3) is 0.800. The van der Waals surface area contributed by atoms with Crippen LogP contribution < -0.4 is 5.32 Å². The van der Waals surface area contributed by atoms with E-state index >= 15 is 0 Å². The van der Waals surface area contributed by atoms with Gasteiger partial charge in [0.1, 0.15) is 5.82 Å². The van der Waals surface area contributed by atoms with Crippen LogP contribution in [-0.2, 0) is 18.3 Å². The van der Waals surface area contributed by atoms with Crippen molar-refractivity contribution >= 4 is 24.2 Å². The van der Waals surface area contributed by atoms with Gasteiger partial charge in [0.15, 0.2) is 5.16 Å². The quantitative estimate of drug-likeness (QED) is 0.821. The second-order valence-corrected chi connectivity index (χ2v) is 4.92. The Morgan fingerprint density at radius 3 is 3.00 bits per heavy atom. The molecule has 1 saturated heterocycles. The molecule has 0 bridgehead atoms. The highest BCUT2D eigenvalue weighted by atomic mass is 35.5. The summed E-state index contributed by atoms with van der Waals surface area (Å²) in [5, 5.41) is 12.4. The standard InChI is InChI=1S/C10H18N4OS.ClH/c1-11-6-9-12-13-10(14(9)2)16-7-8-4-3-5-15-8;/h8,11H,3-7H2,1-2H3;1H. The number of rotatable bonds is 5.